The molecule has 30 heavy (non-hydrogen) atoms. The second-order valence-corrected chi connectivity index (χ2v) is 8.25. The van der Waals surface area contributed by atoms with Crippen molar-refractivity contribution in [3.8, 4) is 0 Å². The zero-order valence-electron chi connectivity index (χ0n) is 16.5. The minimum absolute atomic E-state index is 0.106. The summed E-state index contributed by atoms with van der Waals surface area (Å²) in [4.78, 5) is 16.6. The van der Waals surface area contributed by atoms with Crippen LogP contribution in [-0.2, 0) is 21.2 Å². The third-order valence-corrected chi connectivity index (χ3v) is 6.11. The Hall–Kier alpha value is -3.52. The van der Waals surface area contributed by atoms with Crippen LogP contribution in [0.15, 0.2) is 89.0 Å². The van der Waals surface area contributed by atoms with E-state index in [9.17, 15) is 13.2 Å². The van der Waals surface area contributed by atoms with Gasteiger partial charge in [-0.15, -0.1) is 0 Å². The van der Waals surface area contributed by atoms with E-state index < -0.39 is 22.5 Å². The van der Waals surface area contributed by atoms with E-state index in [-0.39, 0.29) is 4.90 Å². The first-order valence-electron chi connectivity index (χ1n) is 9.40. The summed E-state index contributed by atoms with van der Waals surface area (Å²) in [7, 11) is -3.94. The normalized spacial score (nSPS) is 11.4. The Labute approximate surface area is 176 Å². The van der Waals surface area contributed by atoms with Crippen molar-refractivity contribution in [2.24, 2.45) is 5.10 Å². The summed E-state index contributed by atoms with van der Waals surface area (Å²) >= 11 is 0. The standard InChI is InChI=1S/C22H22N4O3S/c1-2-18-11-13-20(14-12-18)26(30(28,29)21-9-4-3-5-10-21)17-22(27)25-24-16-19-8-6-7-15-23-19/h3-16H,2,17H2,1H3,(H,25,27)/b24-16-. The van der Waals surface area contributed by atoms with Crippen LogP contribution in [0.5, 0.6) is 0 Å². The molecule has 2 aromatic carbocycles. The molecule has 0 spiro atoms. The third kappa shape index (κ3) is 5.30. The van der Waals surface area contributed by atoms with Crippen LogP contribution in [0.1, 0.15) is 18.2 Å². The number of aryl methyl sites for hydroxylation is 1. The largest absolute Gasteiger partial charge is 0.271 e. The Kier molecular flexibility index (Phi) is 6.92. The minimum atomic E-state index is -3.94. The number of hydrogen-bond acceptors (Lipinski definition) is 5. The SMILES string of the molecule is CCc1ccc(N(CC(=O)N/N=C\c2ccccn2)S(=O)(=O)c2ccccc2)cc1. The molecule has 1 aromatic heterocycles. The van der Waals surface area contributed by atoms with Crippen molar-refractivity contribution in [3.63, 3.8) is 0 Å². The van der Waals surface area contributed by atoms with Crippen molar-refractivity contribution in [1.82, 2.24) is 10.4 Å². The second-order valence-electron chi connectivity index (χ2n) is 6.39. The zero-order valence-corrected chi connectivity index (χ0v) is 17.3. The summed E-state index contributed by atoms with van der Waals surface area (Å²) in [6.45, 7) is 1.60. The van der Waals surface area contributed by atoms with Gasteiger partial charge in [-0.1, -0.05) is 43.3 Å². The lowest BCUT2D eigenvalue weighted by atomic mass is 10.1. The fourth-order valence-electron chi connectivity index (χ4n) is 2.72. The third-order valence-electron chi connectivity index (χ3n) is 4.32. The molecule has 0 aliphatic carbocycles. The first-order valence-corrected chi connectivity index (χ1v) is 10.8. The Balaban J connectivity index is 1.83. The first kappa shape index (κ1) is 21.2. The number of sulfonamides is 1. The van der Waals surface area contributed by atoms with Gasteiger partial charge in [-0.3, -0.25) is 14.1 Å². The maximum absolute atomic E-state index is 13.2. The smallest absolute Gasteiger partial charge is 0.264 e. The van der Waals surface area contributed by atoms with Crippen LogP contribution in [0.2, 0.25) is 0 Å². The Morgan fingerprint density at radius 1 is 1.03 bits per heavy atom. The Bertz CT molecular complexity index is 1100. The van der Waals surface area contributed by atoms with E-state index in [2.05, 4.69) is 15.5 Å². The highest BCUT2D eigenvalue weighted by atomic mass is 32.2. The van der Waals surface area contributed by atoms with Crippen molar-refractivity contribution in [3.05, 3.63) is 90.3 Å². The van der Waals surface area contributed by atoms with Crippen LogP contribution in [0.25, 0.3) is 0 Å². The van der Waals surface area contributed by atoms with Crippen molar-refractivity contribution in [2.45, 2.75) is 18.2 Å². The average molecular weight is 423 g/mol. The number of nitrogens with zero attached hydrogens (tertiary/aromatic N) is 3. The molecule has 1 N–H and O–H groups in total. The number of hydrazone groups is 1. The molecular formula is C22H22N4O3S. The number of anilines is 1. The van der Waals surface area contributed by atoms with E-state index in [1.54, 1.807) is 54.7 Å². The summed E-state index contributed by atoms with van der Waals surface area (Å²) in [5.74, 6) is -0.568. The van der Waals surface area contributed by atoms with Crippen LogP contribution in [-0.4, -0.2) is 32.1 Å². The highest BCUT2D eigenvalue weighted by Gasteiger charge is 2.27. The van der Waals surface area contributed by atoms with Gasteiger partial charge in [0.15, 0.2) is 0 Å². The van der Waals surface area contributed by atoms with Crippen molar-refractivity contribution >= 4 is 27.8 Å². The number of amides is 1. The Morgan fingerprint density at radius 3 is 2.37 bits per heavy atom. The molecule has 0 saturated heterocycles. The maximum atomic E-state index is 13.2. The molecule has 154 valence electrons. The van der Waals surface area contributed by atoms with Crippen molar-refractivity contribution in [2.75, 3.05) is 10.8 Å². The van der Waals surface area contributed by atoms with E-state index in [0.29, 0.717) is 11.4 Å². The van der Waals surface area contributed by atoms with E-state index >= 15 is 0 Å². The minimum Gasteiger partial charge on any atom is -0.271 e. The summed E-state index contributed by atoms with van der Waals surface area (Å²) in [6.07, 6.45) is 3.83. The van der Waals surface area contributed by atoms with Crippen LogP contribution in [0.3, 0.4) is 0 Å². The molecule has 3 aromatic rings. The number of carbonyl (C=O) groups is 1. The van der Waals surface area contributed by atoms with Gasteiger partial charge >= 0.3 is 0 Å². The highest BCUT2D eigenvalue weighted by Crippen LogP contribution is 2.24. The van der Waals surface area contributed by atoms with Gasteiger partial charge in [-0.2, -0.15) is 5.10 Å². The molecule has 3 rings (SSSR count). The molecule has 0 atom stereocenters. The van der Waals surface area contributed by atoms with Gasteiger partial charge in [0.05, 0.1) is 22.5 Å². The van der Waals surface area contributed by atoms with Gasteiger partial charge in [-0.05, 0) is 48.4 Å². The molecular weight excluding hydrogens is 400 g/mol. The summed E-state index contributed by atoms with van der Waals surface area (Å²) in [6, 6.07) is 20.4. The predicted molar refractivity (Wildman–Crippen MR) is 117 cm³/mol. The monoisotopic (exact) mass is 422 g/mol. The Morgan fingerprint density at radius 2 is 1.73 bits per heavy atom. The number of rotatable bonds is 8. The second kappa shape index (κ2) is 9.80. The predicted octanol–water partition coefficient (Wildman–Crippen LogP) is 2.99. The van der Waals surface area contributed by atoms with Crippen LogP contribution < -0.4 is 9.73 Å². The van der Waals surface area contributed by atoms with E-state index in [0.717, 1.165) is 16.3 Å². The number of pyridine rings is 1. The fraction of sp³-hybridized carbons (Fsp3) is 0.136. The van der Waals surface area contributed by atoms with Gasteiger partial charge in [-0.25, -0.2) is 13.8 Å². The zero-order chi connectivity index (χ0) is 21.4. The van der Waals surface area contributed by atoms with Crippen LogP contribution in [0, 0.1) is 0 Å². The maximum Gasteiger partial charge on any atom is 0.264 e. The molecule has 0 fully saturated rings. The molecule has 8 heteroatoms. The lowest BCUT2D eigenvalue weighted by Crippen LogP contribution is -2.39. The lowest BCUT2D eigenvalue weighted by molar-refractivity contribution is -0.119. The molecule has 0 bridgehead atoms. The number of benzene rings is 2. The molecule has 1 amide bonds. The number of aromatic nitrogens is 1. The molecule has 0 saturated carbocycles. The lowest BCUT2D eigenvalue weighted by Gasteiger charge is -2.24. The van der Waals surface area contributed by atoms with E-state index in [4.69, 9.17) is 0 Å². The number of nitrogens with one attached hydrogen (secondary N) is 1. The molecule has 0 aliphatic heterocycles. The molecule has 0 aliphatic rings. The highest BCUT2D eigenvalue weighted by molar-refractivity contribution is 7.92. The van der Waals surface area contributed by atoms with Gasteiger partial charge in [0.2, 0.25) is 0 Å². The van der Waals surface area contributed by atoms with Gasteiger partial charge in [0, 0.05) is 6.20 Å². The van der Waals surface area contributed by atoms with Crippen molar-refractivity contribution in [1.29, 1.82) is 0 Å². The van der Waals surface area contributed by atoms with Gasteiger partial charge in [0.1, 0.15) is 6.54 Å². The van der Waals surface area contributed by atoms with Crippen LogP contribution in [0.4, 0.5) is 5.69 Å². The number of carbonyl (C=O) groups excluding carboxylic acids is 1. The van der Waals surface area contributed by atoms with E-state index in [1.807, 2.05) is 19.1 Å². The summed E-state index contributed by atoms with van der Waals surface area (Å²) in [5.41, 5.74) is 4.41. The fourth-order valence-corrected chi connectivity index (χ4v) is 4.16. The van der Waals surface area contributed by atoms with Gasteiger partial charge in [0.25, 0.3) is 15.9 Å². The average Bonchev–Trinajstić information content (AvgIpc) is 2.79. The molecule has 0 radical (unpaired) electrons. The molecule has 0 unspecified atom stereocenters. The van der Waals surface area contributed by atoms with Gasteiger partial charge < -0.3 is 0 Å². The molecule has 7 nitrogen and oxygen atoms in total. The summed E-state index contributed by atoms with van der Waals surface area (Å²) < 4.78 is 27.5. The number of hydrogen-bond donors (Lipinski definition) is 1. The molecule has 1 heterocycles. The summed E-state index contributed by atoms with van der Waals surface area (Å²) in [5, 5.41) is 3.86. The van der Waals surface area contributed by atoms with E-state index in [1.165, 1.54) is 18.3 Å². The van der Waals surface area contributed by atoms with Crippen molar-refractivity contribution < 1.29 is 13.2 Å². The van der Waals surface area contributed by atoms with Crippen LogP contribution >= 0.6 is 0 Å². The topological polar surface area (TPSA) is 91.7 Å². The quantitative estimate of drug-likeness (QED) is 0.446. The first-order chi connectivity index (χ1) is 14.5.